The minimum Gasteiger partial charge on any atom is -0.493 e. The molecule has 5 nitrogen and oxygen atoms in total. The molecular formula is C23H31NO4. The predicted molar refractivity (Wildman–Crippen MR) is 110 cm³/mol. The van der Waals surface area contributed by atoms with Gasteiger partial charge in [-0.1, -0.05) is 37.6 Å². The van der Waals surface area contributed by atoms with E-state index in [2.05, 4.69) is 32.2 Å². The molecule has 1 aliphatic rings. The Labute approximate surface area is 167 Å². The van der Waals surface area contributed by atoms with E-state index in [-0.39, 0.29) is 12.3 Å². The van der Waals surface area contributed by atoms with E-state index in [9.17, 15) is 5.11 Å². The Bertz CT molecular complexity index is 775. The summed E-state index contributed by atoms with van der Waals surface area (Å²) in [7, 11) is 0. The Balaban J connectivity index is 1.58. The molecule has 1 heterocycles. The van der Waals surface area contributed by atoms with Crippen LogP contribution in [0.2, 0.25) is 0 Å². The highest BCUT2D eigenvalue weighted by molar-refractivity contribution is 5.44. The molecule has 0 aliphatic carbocycles. The summed E-state index contributed by atoms with van der Waals surface area (Å²) in [6.07, 6.45) is 2.27. The third-order valence-electron chi connectivity index (χ3n) is 4.89. The van der Waals surface area contributed by atoms with E-state index in [4.69, 9.17) is 14.2 Å². The lowest BCUT2D eigenvalue weighted by Crippen LogP contribution is -2.43. The van der Waals surface area contributed by atoms with Crippen LogP contribution >= 0.6 is 0 Å². The number of hydrogen-bond acceptors (Lipinski definition) is 5. The molecule has 2 N–H and O–H groups in total. The van der Waals surface area contributed by atoms with Crippen LogP contribution in [0.4, 0.5) is 0 Å². The van der Waals surface area contributed by atoms with Gasteiger partial charge in [-0.2, -0.15) is 0 Å². The van der Waals surface area contributed by atoms with Gasteiger partial charge in [-0.15, -0.1) is 0 Å². The zero-order valence-electron chi connectivity index (χ0n) is 17.0. The van der Waals surface area contributed by atoms with Crippen molar-refractivity contribution in [1.82, 2.24) is 5.32 Å². The zero-order chi connectivity index (χ0) is 20.0. The van der Waals surface area contributed by atoms with Crippen molar-refractivity contribution in [2.75, 3.05) is 19.9 Å². The minimum atomic E-state index is -0.631. The first-order valence-electron chi connectivity index (χ1n) is 10.0. The van der Waals surface area contributed by atoms with Crippen LogP contribution < -0.4 is 19.5 Å². The monoisotopic (exact) mass is 385 g/mol. The van der Waals surface area contributed by atoms with E-state index in [1.54, 1.807) is 0 Å². The van der Waals surface area contributed by atoms with Crippen molar-refractivity contribution < 1.29 is 19.3 Å². The second kappa shape index (κ2) is 9.30. The average molecular weight is 386 g/mol. The Kier molecular flexibility index (Phi) is 6.81. The number of β-amino-alcohol motifs (C(OH)–C–C–N with tert-alkyl or cyclic N) is 1. The number of aliphatic hydroxyl groups excluding tert-OH is 1. The van der Waals surface area contributed by atoms with Crippen LogP contribution in [0.25, 0.3) is 0 Å². The van der Waals surface area contributed by atoms with Crippen molar-refractivity contribution in [2.45, 2.75) is 51.7 Å². The molecule has 0 fully saturated rings. The molecule has 5 heteroatoms. The molecular weight excluding hydrogens is 354 g/mol. The van der Waals surface area contributed by atoms with Crippen LogP contribution in [-0.4, -0.2) is 30.6 Å². The molecule has 1 unspecified atom stereocenters. The lowest BCUT2D eigenvalue weighted by molar-refractivity contribution is 0.155. The first kappa shape index (κ1) is 20.5. The van der Waals surface area contributed by atoms with E-state index in [1.165, 1.54) is 5.56 Å². The number of unbranched alkanes of at least 4 members (excludes halogenated alkanes) is 1. The molecule has 0 amide bonds. The molecule has 1 aliphatic heterocycles. The van der Waals surface area contributed by atoms with Gasteiger partial charge < -0.3 is 24.6 Å². The molecule has 28 heavy (non-hydrogen) atoms. The second-order valence-corrected chi connectivity index (χ2v) is 7.88. The Hall–Kier alpha value is -2.24. The van der Waals surface area contributed by atoms with E-state index < -0.39 is 6.10 Å². The quantitative estimate of drug-likeness (QED) is 0.599. The number of nitrogens with one attached hydrogen (secondary N) is 1. The predicted octanol–water partition coefficient (Wildman–Crippen LogP) is 4.24. The highest BCUT2D eigenvalue weighted by atomic mass is 16.7. The molecule has 0 radical (unpaired) electrons. The number of fused-ring (bicyclic) bond motifs is 1. The van der Waals surface area contributed by atoms with Crippen LogP contribution in [-0.2, 0) is 6.42 Å². The van der Waals surface area contributed by atoms with Crippen LogP contribution in [0.5, 0.6) is 17.2 Å². The summed E-state index contributed by atoms with van der Waals surface area (Å²) in [4.78, 5) is 0. The Morgan fingerprint density at radius 1 is 1.14 bits per heavy atom. The molecule has 3 rings (SSSR count). The number of aliphatic hydroxyl groups is 1. The average Bonchev–Trinajstić information content (AvgIpc) is 3.14. The van der Waals surface area contributed by atoms with E-state index in [0.29, 0.717) is 13.2 Å². The maximum atomic E-state index is 10.7. The SMILES string of the molecule is CCCCOc1ccccc1C(O)CNC(C)(C)Cc1ccc2c(c1)OCO2. The third kappa shape index (κ3) is 5.40. The van der Waals surface area contributed by atoms with E-state index in [0.717, 1.165) is 42.1 Å². The summed E-state index contributed by atoms with van der Waals surface area (Å²) in [6.45, 7) is 7.81. The second-order valence-electron chi connectivity index (χ2n) is 7.88. The van der Waals surface area contributed by atoms with Gasteiger partial charge in [-0.3, -0.25) is 0 Å². The number of hydrogen-bond donors (Lipinski definition) is 2. The molecule has 0 saturated heterocycles. The normalized spacial score (nSPS) is 14.1. The third-order valence-corrected chi connectivity index (χ3v) is 4.89. The van der Waals surface area contributed by atoms with Crippen LogP contribution in [0, 0.1) is 0 Å². The Morgan fingerprint density at radius 2 is 1.93 bits per heavy atom. The highest BCUT2D eigenvalue weighted by Crippen LogP contribution is 2.33. The molecule has 2 aromatic carbocycles. The van der Waals surface area contributed by atoms with Crippen molar-refractivity contribution >= 4 is 0 Å². The van der Waals surface area contributed by atoms with E-state index >= 15 is 0 Å². The van der Waals surface area contributed by atoms with Crippen molar-refractivity contribution in [3.05, 3.63) is 53.6 Å². The van der Waals surface area contributed by atoms with Gasteiger partial charge in [0.15, 0.2) is 11.5 Å². The first-order valence-corrected chi connectivity index (χ1v) is 10.0. The molecule has 0 aromatic heterocycles. The fourth-order valence-electron chi connectivity index (χ4n) is 3.32. The van der Waals surface area contributed by atoms with Crippen LogP contribution in [0.15, 0.2) is 42.5 Å². The molecule has 1 atom stereocenters. The summed E-state index contributed by atoms with van der Waals surface area (Å²) in [5.74, 6) is 2.36. The standard InChI is InChI=1S/C23H31NO4/c1-4-5-12-26-20-9-7-6-8-18(20)19(25)15-24-23(2,3)14-17-10-11-21-22(13-17)28-16-27-21/h6-11,13,19,24-25H,4-5,12,14-16H2,1-3H3. The summed E-state index contributed by atoms with van der Waals surface area (Å²) < 4.78 is 16.7. The fraction of sp³-hybridized carbons (Fsp3) is 0.478. The smallest absolute Gasteiger partial charge is 0.231 e. The topological polar surface area (TPSA) is 60.0 Å². The van der Waals surface area contributed by atoms with Crippen LogP contribution in [0.3, 0.4) is 0 Å². The molecule has 0 saturated carbocycles. The zero-order valence-corrected chi connectivity index (χ0v) is 17.0. The molecule has 2 aromatic rings. The van der Waals surface area contributed by atoms with Crippen molar-refractivity contribution in [3.63, 3.8) is 0 Å². The van der Waals surface area contributed by atoms with Crippen molar-refractivity contribution in [3.8, 4) is 17.2 Å². The lowest BCUT2D eigenvalue weighted by Gasteiger charge is -2.28. The summed E-state index contributed by atoms with van der Waals surface area (Å²) in [5.41, 5.74) is 1.80. The van der Waals surface area contributed by atoms with Gasteiger partial charge in [0, 0.05) is 17.6 Å². The number of benzene rings is 2. The van der Waals surface area contributed by atoms with Gasteiger partial charge in [0.2, 0.25) is 6.79 Å². The van der Waals surface area contributed by atoms with Gasteiger partial charge in [0.05, 0.1) is 12.7 Å². The van der Waals surface area contributed by atoms with Gasteiger partial charge in [0.1, 0.15) is 5.75 Å². The Morgan fingerprint density at radius 3 is 2.75 bits per heavy atom. The number of rotatable bonds is 10. The molecule has 0 bridgehead atoms. The number of para-hydroxylation sites is 1. The summed E-state index contributed by atoms with van der Waals surface area (Å²) in [6, 6.07) is 13.8. The van der Waals surface area contributed by atoms with Crippen LogP contribution in [0.1, 0.15) is 50.8 Å². The summed E-state index contributed by atoms with van der Waals surface area (Å²) >= 11 is 0. The first-order chi connectivity index (χ1) is 13.5. The van der Waals surface area contributed by atoms with Crippen molar-refractivity contribution in [1.29, 1.82) is 0 Å². The largest absolute Gasteiger partial charge is 0.493 e. The van der Waals surface area contributed by atoms with Gasteiger partial charge >= 0.3 is 0 Å². The summed E-state index contributed by atoms with van der Waals surface area (Å²) in [5, 5.41) is 14.2. The van der Waals surface area contributed by atoms with Crippen molar-refractivity contribution in [2.24, 2.45) is 0 Å². The lowest BCUT2D eigenvalue weighted by atomic mass is 9.94. The maximum Gasteiger partial charge on any atom is 0.231 e. The van der Waals surface area contributed by atoms with Gasteiger partial charge in [0.25, 0.3) is 0 Å². The highest BCUT2D eigenvalue weighted by Gasteiger charge is 2.22. The molecule has 0 spiro atoms. The number of ether oxygens (including phenoxy) is 3. The minimum absolute atomic E-state index is 0.188. The van der Waals surface area contributed by atoms with E-state index in [1.807, 2.05) is 36.4 Å². The van der Waals surface area contributed by atoms with Gasteiger partial charge in [-0.05, 0) is 50.5 Å². The fourth-order valence-corrected chi connectivity index (χ4v) is 3.32. The van der Waals surface area contributed by atoms with Gasteiger partial charge in [-0.25, -0.2) is 0 Å². The maximum absolute atomic E-state index is 10.7. The molecule has 152 valence electrons.